The van der Waals surface area contributed by atoms with E-state index < -0.39 is 11.9 Å². The molecule has 1 aromatic heterocycles. The van der Waals surface area contributed by atoms with Crippen molar-refractivity contribution in [2.45, 2.75) is 6.92 Å². The SMILES string of the molecule is COC(=O)c1ccc(NC(=O)c2c[nH]c3c(C)c(Cl)ccc3c2=O)cc1. The molecule has 0 atom stereocenters. The highest BCUT2D eigenvalue weighted by Crippen LogP contribution is 2.22. The molecule has 3 aromatic rings. The molecule has 26 heavy (non-hydrogen) atoms. The first-order valence-electron chi connectivity index (χ1n) is 7.72. The summed E-state index contributed by atoms with van der Waals surface area (Å²) in [5, 5.41) is 3.56. The van der Waals surface area contributed by atoms with E-state index in [4.69, 9.17) is 11.6 Å². The largest absolute Gasteiger partial charge is 0.465 e. The summed E-state index contributed by atoms with van der Waals surface area (Å²) in [6.45, 7) is 1.79. The van der Waals surface area contributed by atoms with Crippen molar-refractivity contribution in [2.75, 3.05) is 12.4 Å². The molecule has 0 bridgehead atoms. The van der Waals surface area contributed by atoms with E-state index >= 15 is 0 Å². The molecule has 0 spiro atoms. The van der Waals surface area contributed by atoms with Crippen LogP contribution in [0, 0.1) is 6.92 Å². The fourth-order valence-corrected chi connectivity index (χ4v) is 2.75. The van der Waals surface area contributed by atoms with Crippen molar-refractivity contribution >= 4 is 40.1 Å². The predicted octanol–water partition coefficient (Wildman–Crippen LogP) is 3.53. The third-order valence-corrected chi connectivity index (χ3v) is 4.47. The van der Waals surface area contributed by atoms with Gasteiger partial charge in [-0.1, -0.05) is 11.6 Å². The zero-order valence-corrected chi connectivity index (χ0v) is 14.8. The van der Waals surface area contributed by atoms with Crippen molar-refractivity contribution < 1.29 is 14.3 Å². The minimum absolute atomic E-state index is 0.0173. The Morgan fingerprint density at radius 2 is 1.81 bits per heavy atom. The van der Waals surface area contributed by atoms with Gasteiger partial charge in [0.05, 0.1) is 18.2 Å². The van der Waals surface area contributed by atoms with Crippen LogP contribution >= 0.6 is 11.6 Å². The lowest BCUT2D eigenvalue weighted by molar-refractivity contribution is 0.0600. The number of aromatic nitrogens is 1. The Labute approximate surface area is 153 Å². The average molecular weight is 371 g/mol. The van der Waals surface area contributed by atoms with Crippen molar-refractivity contribution in [3.8, 4) is 0 Å². The van der Waals surface area contributed by atoms with Crippen molar-refractivity contribution in [3.63, 3.8) is 0 Å². The second-order valence-corrected chi connectivity index (χ2v) is 6.06. The number of nitrogens with one attached hydrogen (secondary N) is 2. The number of rotatable bonds is 3. The fourth-order valence-electron chi connectivity index (χ4n) is 2.59. The lowest BCUT2D eigenvalue weighted by atomic mass is 10.1. The number of esters is 1. The van der Waals surface area contributed by atoms with Gasteiger partial charge in [-0.05, 0) is 48.9 Å². The minimum atomic E-state index is -0.549. The van der Waals surface area contributed by atoms with Crippen LogP contribution in [0.25, 0.3) is 10.9 Å². The summed E-state index contributed by atoms with van der Waals surface area (Å²) in [7, 11) is 1.29. The third-order valence-electron chi connectivity index (χ3n) is 4.06. The number of hydrogen-bond acceptors (Lipinski definition) is 4. The Bertz CT molecular complexity index is 1070. The molecule has 0 aliphatic rings. The van der Waals surface area contributed by atoms with Gasteiger partial charge in [0.1, 0.15) is 5.56 Å². The second kappa shape index (κ2) is 7.01. The normalized spacial score (nSPS) is 10.6. The number of methoxy groups -OCH3 is 1. The van der Waals surface area contributed by atoms with E-state index in [1.54, 1.807) is 31.2 Å². The maximum absolute atomic E-state index is 12.6. The van der Waals surface area contributed by atoms with Crippen LogP contribution in [0.4, 0.5) is 5.69 Å². The van der Waals surface area contributed by atoms with Crippen LogP contribution in [-0.2, 0) is 4.74 Å². The molecule has 1 amide bonds. The molecular weight excluding hydrogens is 356 g/mol. The third kappa shape index (κ3) is 3.19. The van der Waals surface area contributed by atoms with Crippen LogP contribution in [0.5, 0.6) is 0 Å². The van der Waals surface area contributed by atoms with Gasteiger partial charge in [0.2, 0.25) is 5.43 Å². The number of anilines is 1. The van der Waals surface area contributed by atoms with Crippen LogP contribution in [0.1, 0.15) is 26.3 Å². The average Bonchev–Trinajstić information content (AvgIpc) is 2.65. The number of aromatic amines is 1. The fraction of sp³-hybridized carbons (Fsp3) is 0.105. The molecule has 0 aliphatic heterocycles. The first-order chi connectivity index (χ1) is 12.4. The van der Waals surface area contributed by atoms with E-state index in [9.17, 15) is 14.4 Å². The topological polar surface area (TPSA) is 88.3 Å². The Balaban J connectivity index is 1.91. The molecule has 0 radical (unpaired) electrons. The summed E-state index contributed by atoms with van der Waals surface area (Å²) >= 11 is 6.06. The number of halogens is 1. The zero-order valence-electron chi connectivity index (χ0n) is 14.1. The van der Waals surface area contributed by atoms with Crippen LogP contribution in [-0.4, -0.2) is 24.0 Å². The van der Waals surface area contributed by atoms with Gasteiger partial charge in [-0.15, -0.1) is 0 Å². The number of amides is 1. The van der Waals surface area contributed by atoms with Crippen molar-refractivity contribution in [3.05, 3.63) is 74.5 Å². The van der Waals surface area contributed by atoms with Gasteiger partial charge in [0.15, 0.2) is 0 Å². The van der Waals surface area contributed by atoms with Gasteiger partial charge in [-0.25, -0.2) is 4.79 Å². The van der Waals surface area contributed by atoms with E-state index in [0.29, 0.717) is 27.2 Å². The predicted molar refractivity (Wildman–Crippen MR) is 100 cm³/mol. The molecule has 3 rings (SSSR count). The van der Waals surface area contributed by atoms with E-state index in [1.165, 1.54) is 25.4 Å². The number of ether oxygens (including phenoxy) is 1. The summed E-state index contributed by atoms with van der Waals surface area (Å²) in [4.78, 5) is 39.5. The molecule has 0 saturated heterocycles. The molecule has 0 fully saturated rings. The summed E-state index contributed by atoms with van der Waals surface area (Å²) in [6, 6.07) is 9.38. The number of benzene rings is 2. The van der Waals surface area contributed by atoms with Gasteiger partial charge in [-0.2, -0.15) is 0 Å². The molecule has 6 nitrogen and oxygen atoms in total. The number of carbonyl (C=O) groups excluding carboxylic acids is 2. The molecule has 0 saturated carbocycles. The Morgan fingerprint density at radius 1 is 1.12 bits per heavy atom. The highest BCUT2D eigenvalue weighted by Gasteiger charge is 2.15. The molecule has 0 unspecified atom stereocenters. The van der Waals surface area contributed by atoms with Crippen LogP contribution < -0.4 is 10.7 Å². The maximum atomic E-state index is 12.6. The molecule has 132 valence electrons. The minimum Gasteiger partial charge on any atom is -0.465 e. The number of pyridine rings is 1. The van der Waals surface area contributed by atoms with Crippen molar-refractivity contribution in [1.82, 2.24) is 4.98 Å². The quantitative estimate of drug-likeness (QED) is 0.690. The van der Waals surface area contributed by atoms with Gasteiger partial charge < -0.3 is 15.0 Å². The second-order valence-electron chi connectivity index (χ2n) is 5.65. The van der Waals surface area contributed by atoms with Gasteiger partial charge in [-0.3, -0.25) is 9.59 Å². The monoisotopic (exact) mass is 370 g/mol. The standard InChI is InChI=1S/C19H15ClN2O4/c1-10-15(20)8-7-13-16(10)21-9-14(17(13)23)18(24)22-12-5-3-11(4-6-12)19(25)26-2/h3-9H,1-2H3,(H,21,23)(H,22,24). The highest BCUT2D eigenvalue weighted by molar-refractivity contribution is 6.32. The Morgan fingerprint density at radius 3 is 2.46 bits per heavy atom. The number of hydrogen-bond donors (Lipinski definition) is 2. The van der Waals surface area contributed by atoms with Gasteiger partial charge in [0, 0.05) is 22.3 Å². The molecular formula is C19H15ClN2O4. The zero-order chi connectivity index (χ0) is 18.8. The van der Waals surface area contributed by atoms with Crippen molar-refractivity contribution in [2.24, 2.45) is 0 Å². The molecule has 1 heterocycles. The number of aryl methyl sites for hydroxylation is 1. The van der Waals surface area contributed by atoms with Crippen LogP contribution in [0.15, 0.2) is 47.4 Å². The Kier molecular flexibility index (Phi) is 4.77. The van der Waals surface area contributed by atoms with Gasteiger partial charge >= 0.3 is 5.97 Å². The Hall–Kier alpha value is -3.12. The van der Waals surface area contributed by atoms with Crippen molar-refractivity contribution in [1.29, 1.82) is 0 Å². The van der Waals surface area contributed by atoms with E-state index in [1.807, 2.05) is 0 Å². The van der Waals surface area contributed by atoms with Crippen LogP contribution in [0.3, 0.4) is 0 Å². The first kappa shape index (κ1) is 17.7. The number of fused-ring (bicyclic) bond motifs is 1. The van der Waals surface area contributed by atoms with E-state index in [2.05, 4.69) is 15.0 Å². The molecule has 0 aliphatic carbocycles. The maximum Gasteiger partial charge on any atom is 0.337 e. The lowest BCUT2D eigenvalue weighted by Gasteiger charge is -2.08. The lowest BCUT2D eigenvalue weighted by Crippen LogP contribution is -2.22. The van der Waals surface area contributed by atoms with Crippen LogP contribution in [0.2, 0.25) is 5.02 Å². The van der Waals surface area contributed by atoms with Gasteiger partial charge in [0.25, 0.3) is 5.91 Å². The number of carbonyl (C=O) groups is 2. The van der Waals surface area contributed by atoms with E-state index in [-0.39, 0.29) is 11.0 Å². The first-order valence-corrected chi connectivity index (χ1v) is 8.10. The molecule has 2 aromatic carbocycles. The smallest absolute Gasteiger partial charge is 0.337 e. The van der Waals surface area contributed by atoms with E-state index in [0.717, 1.165) is 5.56 Å². The molecule has 2 N–H and O–H groups in total. The summed E-state index contributed by atoms with van der Waals surface area (Å²) in [6.07, 6.45) is 1.37. The summed E-state index contributed by atoms with van der Waals surface area (Å²) < 4.78 is 4.62. The highest BCUT2D eigenvalue weighted by atomic mass is 35.5. The summed E-state index contributed by atoms with van der Waals surface area (Å²) in [5.74, 6) is -1.02. The number of H-pyrrole nitrogens is 1. The summed E-state index contributed by atoms with van der Waals surface area (Å²) in [5.41, 5.74) is 1.75. The molecule has 7 heteroatoms.